The number of pyridine rings is 2. The molecule has 0 spiro atoms. The lowest BCUT2D eigenvalue weighted by molar-refractivity contribution is 0.0915. The Kier molecular flexibility index (Phi) is 6.34. The third-order valence-electron chi connectivity index (χ3n) is 5.98. The van der Waals surface area contributed by atoms with Gasteiger partial charge in [0.25, 0.3) is 5.91 Å². The Morgan fingerprint density at radius 2 is 2.03 bits per heavy atom. The molecule has 8 nitrogen and oxygen atoms in total. The quantitative estimate of drug-likeness (QED) is 0.537. The Hall–Kier alpha value is -3.65. The fraction of sp³-hybridized carbons (Fsp3) is 0.320. The molecular weight excluding hydrogens is 416 g/mol. The van der Waals surface area contributed by atoms with Crippen LogP contribution in [0, 0.1) is 0 Å². The molecule has 4 heterocycles. The summed E-state index contributed by atoms with van der Waals surface area (Å²) in [6.45, 7) is 5.05. The molecule has 1 amide bonds. The summed E-state index contributed by atoms with van der Waals surface area (Å²) in [6.07, 6.45) is 4.10. The summed E-state index contributed by atoms with van der Waals surface area (Å²) in [5, 5.41) is 9.67. The first-order chi connectivity index (χ1) is 16.2. The first-order valence-corrected chi connectivity index (χ1v) is 11.4. The van der Waals surface area contributed by atoms with E-state index >= 15 is 0 Å². The average Bonchev–Trinajstić information content (AvgIpc) is 2.88. The Labute approximate surface area is 193 Å². The van der Waals surface area contributed by atoms with Crippen LogP contribution < -0.4 is 25.6 Å². The molecule has 33 heavy (non-hydrogen) atoms. The molecule has 3 aromatic rings. The van der Waals surface area contributed by atoms with Crippen LogP contribution in [-0.4, -0.2) is 54.7 Å². The van der Waals surface area contributed by atoms with E-state index in [1.807, 2.05) is 24.3 Å². The van der Waals surface area contributed by atoms with Crippen molar-refractivity contribution in [3.63, 3.8) is 0 Å². The molecule has 0 unspecified atom stereocenters. The second-order valence-electron chi connectivity index (χ2n) is 8.32. The van der Waals surface area contributed by atoms with Crippen LogP contribution in [0.1, 0.15) is 21.6 Å². The molecule has 8 heteroatoms. The van der Waals surface area contributed by atoms with Crippen LogP contribution in [0.15, 0.2) is 60.9 Å². The maximum Gasteiger partial charge on any atom is 0.253 e. The zero-order valence-corrected chi connectivity index (χ0v) is 18.5. The van der Waals surface area contributed by atoms with E-state index in [4.69, 9.17) is 4.74 Å². The van der Waals surface area contributed by atoms with Gasteiger partial charge >= 0.3 is 0 Å². The van der Waals surface area contributed by atoms with Gasteiger partial charge in [0, 0.05) is 50.3 Å². The SMILES string of the molecule is O=C(N[C@H]1COc2cc(N3CCNCC3)ccc2C1)c1ccc(NCc2ccccn2)nc1. The number of amides is 1. The minimum absolute atomic E-state index is 0.0722. The maximum absolute atomic E-state index is 12.7. The van der Waals surface area contributed by atoms with Crippen molar-refractivity contribution in [2.24, 2.45) is 0 Å². The number of fused-ring (bicyclic) bond motifs is 1. The normalized spacial score (nSPS) is 17.6. The van der Waals surface area contributed by atoms with Crippen molar-refractivity contribution in [3.05, 3.63) is 77.7 Å². The van der Waals surface area contributed by atoms with E-state index in [1.165, 1.54) is 5.69 Å². The molecule has 0 aliphatic carbocycles. The highest BCUT2D eigenvalue weighted by molar-refractivity contribution is 5.94. The molecule has 2 aromatic heterocycles. The van der Waals surface area contributed by atoms with E-state index in [0.29, 0.717) is 24.5 Å². The van der Waals surface area contributed by atoms with Crippen molar-refractivity contribution in [2.45, 2.75) is 19.0 Å². The first kappa shape index (κ1) is 21.2. The fourth-order valence-corrected chi connectivity index (χ4v) is 4.16. The number of carbonyl (C=O) groups excluding carboxylic acids is 1. The fourth-order valence-electron chi connectivity index (χ4n) is 4.16. The predicted octanol–water partition coefficient (Wildman–Crippen LogP) is 2.23. The number of aromatic nitrogens is 2. The predicted molar refractivity (Wildman–Crippen MR) is 128 cm³/mol. The summed E-state index contributed by atoms with van der Waals surface area (Å²) in [7, 11) is 0. The molecule has 1 aromatic carbocycles. The molecule has 1 atom stereocenters. The lowest BCUT2D eigenvalue weighted by Crippen LogP contribution is -2.44. The maximum atomic E-state index is 12.7. The van der Waals surface area contributed by atoms with Crippen LogP contribution in [-0.2, 0) is 13.0 Å². The summed E-state index contributed by atoms with van der Waals surface area (Å²) < 4.78 is 6.01. The van der Waals surface area contributed by atoms with E-state index < -0.39 is 0 Å². The van der Waals surface area contributed by atoms with Crippen LogP contribution >= 0.6 is 0 Å². The monoisotopic (exact) mass is 444 g/mol. The van der Waals surface area contributed by atoms with Crippen molar-refractivity contribution in [1.82, 2.24) is 20.6 Å². The number of hydrogen-bond donors (Lipinski definition) is 3. The minimum Gasteiger partial charge on any atom is -0.491 e. The Balaban J connectivity index is 1.15. The van der Waals surface area contributed by atoms with E-state index in [-0.39, 0.29) is 11.9 Å². The van der Waals surface area contributed by atoms with Gasteiger partial charge in [-0.05, 0) is 42.3 Å². The number of benzene rings is 1. The molecule has 1 saturated heterocycles. The highest BCUT2D eigenvalue weighted by atomic mass is 16.5. The molecule has 170 valence electrons. The van der Waals surface area contributed by atoms with Gasteiger partial charge in [-0.2, -0.15) is 0 Å². The Morgan fingerprint density at radius 1 is 1.12 bits per heavy atom. The average molecular weight is 445 g/mol. The van der Waals surface area contributed by atoms with Crippen LogP contribution in [0.2, 0.25) is 0 Å². The third kappa shape index (κ3) is 5.23. The third-order valence-corrected chi connectivity index (χ3v) is 5.98. The molecule has 2 aliphatic rings. The summed E-state index contributed by atoms with van der Waals surface area (Å²) in [4.78, 5) is 23.7. The zero-order chi connectivity index (χ0) is 22.5. The summed E-state index contributed by atoms with van der Waals surface area (Å²) in [5.74, 6) is 1.47. The van der Waals surface area contributed by atoms with E-state index in [0.717, 1.165) is 49.6 Å². The van der Waals surface area contributed by atoms with Gasteiger partial charge in [-0.1, -0.05) is 12.1 Å². The van der Waals surface area contributed by atoms with Gasteiger partial charge in [0.2, 0.25) is 0 Å². The van der Waals surface area contributed by atoms with E-state index in [2.05, 4.69) is 49.0 Å². The lowest BCUT2D eigenvalue weighted by Gasteiger charge is -2.31. The summed E-state index contributed by atoms with van der Waals surface area (Å²) in [6, 6.07) is 15.7. The Bertz CT molecular complexity index is 1080. The van der Waals surface area contributed by atoms with Crippen LogP contribution in [0.3, 0.4) is 0 Å². The van der Waals surface area contributed by atoms with Gasteiger partial charge in [0.05, 0.1) is 23.8 Å². The number of ether oxygens (including phenoxy) is 1. The van der Waals surface area contributed by atoms with Crippen molar-refractivity contribution >= 4 is 17.4 Å². The van der Waals surface area contributed by atoms with Gasteiger partial charge in [-0.25, -0.2) is 4.98 Å². The number of anilines is 2. The van der Waals surface area contributed by atoms with Gasteiger partial charge in [-0.15, -0.1) is 0 Å². The van der Waals surface area contributed by atoms with Crippen molar-refractivity contribution in [1.29, 1.82) is 0 Å². The zero-order valence-electron chi connectivity index (χ0n) is 18.5. The molecule has 0 bridgehead atoms. The summed E-state index contributed by atoms with van der Waals surface area (Å²) >= 11 is 0. The molecule has 0 radical (unpaired) electrons. The second-order valence-corrected chi connectivity index (χ2v) is 8.32. The molecule has 2 aliphatic heterocycles. The number of nitrogens with zero attached hydrogens (tertiary/aromatic N) is 3. The standard InChI is InChI=1S/C25H28N6O2/c32-25(19-5-7-24(28-15-19)29-16-20-3-1-2-8-27-20)30-21-13-18-4-6-22(14-23(18)33-17-21)31-11-9-26-10-12-31/h1-8,14-15,21,26H,9-13,16-17H2,(H,28,29)(H,30,32)/t21-/m1/s1. The highest BCUT2D eigenvalue weighted by Crippen LogP contribution is 2.30. The van der Waals surface area contributed by atoms with Crippen molar-refractivity contribution < 1.29 is 9.53 Å². The Morgan fingerprint density at radius 3 is 2.82 bits per heavy atom. The number of nitrogens with one attached hydrogen (secondary N) is 3. The molecule has 5 rings (SSSR count). The number of carbonyl (C=O) groups is 1. The number of hydrogen-bond acceptors (Lipinski definition) is 7. The first-order valence-electron chi connectivity index (χ1n) is 11.4. The van der Waals surface area contributed by atoms with Crippen LogP contribution in [0.4, 0.5) is 11.5 Å². The van der Waals surface area contributed by atoms with E-state index in [9.17, 15) is 4.79 Å². The second kappa shape index (κ2) is 9.87. The molecule has 1 fully saturated rings. The lowest BCUT2D eigenvalue weighted by atomic mass is 10.0. The van der Waals surface area contributed by atoms with Gasteiger partial charge in [0.1, 0.15) is 18.2 Å². The van der Waals surface area contributed by atoms with E-state index in [1.54, 1.807) is 18.5 Å². The van der Waals surface area contributed by atoms with Crippen molar-refractivity contribution in [3.8, 4) is 5.75 Å². The van der Waals surface area contributed by atoms with Gasteiger partial charge < -0.3 is 25.6 Å². The van der Waals surface area contributed by atoms with Crippen LogP contribution in [0.5, 0.6) is 5.75 Å². The topological polar surface area (TPSA) is 91.4 Å². The largest absolute Gasteiger partial charge is 0.491 e. The molecule has 0 saturated carbocycles. The summed E-state index contributed by atoms with van der Waals surface area (Å²) in [5.41, 5.74) is 3.77. The van der Waals surface area contributed by atoms with Gasteiger partial charge in [0.15, 0.2) is 0 Å². The minimum atomic E-state index is -0.145. The van der Waals surface area contributed by atoms with Crippen LogP contribution in [0.25, 0.3) is 0 Å². The number of piperazine rings is 1. The van der Waals surface area contributed by atoms with Gasteiger partial charge in [-0.3, -0.25) is 9.78 Å². The molecule has 3 N–H and O–H groups in total. The van der Waals surface area contributed by atoms with Crippen molar-refractivity contribution in [2.75, 3.05) is 43.0 Å². The number of rotatable bonds is 6. The molecular formula is C25H28N6O2. The smallest absolute Gasteiger partial charge is 0.253 e. The highest BCUT2D eigenvalue weighted by Gasteiger charge is 2.23.